The Morgan fingerprint density at radius 2 is 2.00 bits per heavy atom. The highest BCUT2D eigenvalue weighted by Gasteiger charge is 2.65. The average molecular weight is 212 g/mol. The van der Waals surface area contributed by atoms with E-state index < -0.39 is 12.1 Å². The van der Waals surface area contributed by atoms with E-state index in [0.717, 1.165) is 12.8 Å². The maximum Gasteiger partial charge on any atom is 0.303 e. The van der Waals surface area contributed by atoms with E-state index in [9.17, 15) is 9.90 Å². The number of aliphatic hydroxyl groups is 1. The maximum atomic E-state index is 10.8. The fourth-order valence-electron chi connectivity index (χ4n) is 3.99. The molecule has 0 aromatic heterocycles. The summed E-state index contributed by atoms with van der Waals surface area (Å²) in [6, 6.07) is 0. The molecule has 0 spiro atoms. The van der Waals surface area contributed by atoms with Gasteiger partial charge in [-0.05, 0) is 35.5 Å². The van der Waals surface area contributed by atoms with Crippen LogP contribution in [0, 0.1) is 22.7 Å². The molecule has 0 unspecified atom stereocenters. The number of fused-ring (bicyclic) bond motifs is 2. The van der Waals surface area contributed by atoms with Crippen molar-refractivity contribution >= 4 is 5.97 Å². The van der Waals surface area contributed by atoms with Gasteiger partial charge in [0.1, 0.15) is 0 Å². The summed E-state index contributed by atoms with van der Waals surface area (Å²) in [5.74, 6) is -0.462. The van der Waals surface area contributed by atoms with E-state index in [1.54, 1.807) is 0 Å². The van der Waals surface area contributed by atoms with Crippen LogP contribution in [0.4, 0.5) is 0 Å². The number of hydrogen-bond acceptors (Lipinski definition) is 2. The van der Waals surface area contributed by atoms with E-state index in [4.69, 9.17) is 5.11 Å². The SMILES string of the molecule is CC1(C)[C@@H]2CC[C@@]1(C)[C@H](O)[C@@H]2CC(=O)O. The van der Waals surface area contributed by atoms with Crippen LogP contribution in [0.15, 0.2) is 0 Å². The van der Waals surface area contributed by atoms with Crippen LogP contribution < -0.4 is 0 Å². The smallest absolute Gasteiger partial charge is 0.303 e. The first-order valence-electron chi connectivity index (χ1n) is 5.70. The summed E-state index contributed by atoms with van der Waals surface area (Å²) in [4.78, 5) is 10.8. The van der Waals surface area contributed by atoms with Crippen molar-refractivity contribution in [2.75, 3.05) is 0 Å². The highest BCUT2D eigenvalue weighted by atomic mass is 16.4. The van der Waals surface area contributed by atoms with Crippen molar-refractivity contribution < 1.29 is 15.0 Å². The first-order chi connectivity index (χ1) is 6.80. The molecular formula is C12H20O3. The topological polar surface area (TPSA) is 57.5 Å². The molecule has 0 amide bonds. The molecule has 2 aliphatic carbocycles. The van der Waals surface area contributed by atoms with Crippen molar-refractivity contribution in [3.8, 4) is 0 Å². The number of aliphatic hydroxyl groups excluding tert-OH is 1. The second-order valence-electron chi connectivity index (χ2n) is 5.99. The number of carbonyl (C=O) groups is 1. The van der Waals surface area contributed by atoms with Crippen LogP contribution in [0.25, 0.3) is 0 Å². The third kappa shape index (κ3) is 1.19. The Morgan fingerprint density at radius 3 is 2.40 bits per heavy atom. The summed E-state index contributed by atoms with van der Waals surface area (Å²) in [7, 11) is 0. The van der Waals surface area contributed by atoms with Crippen LogP contribution in [0.3, 0.4) is 0 Å². The zero-order valence-corrected chi connectivity index (χ0v) is 9.66. The lowest BCUT2D eigenvalue weighted by Crippen LogP contribution is -2.38. The molecule has 0 radical (unpaired) electrons. The molecule has 2 bridgehead atoms. The van der Waals surface area contributed by atoms with Gasteiger partial charge in [-0.25, -0.2) is 0 Å². The first kappa shape index (κ1) is 10.9. The molecule has 0 heterocycles. The van der Waals surface area contributed by atoms with Crippen molar-refractivity contribution in [3.05, 3.63) is 0 Å². The lowest BCUT2D eigenvalue weighted by atomic mass is 9.70. The normalized spacial score (nSPS) is 47.1. The minimum atomic E-state index is -0.786. The Labute approximate surface area is 90.5 Å². The van der Waals surface area contributed by atoms with Gasteiger partial charge in [0, 0.05) is 0 Å². The number of carboxylic acids is 1. The second kappa shape index (κ2) is 2.97. The second-order valence-corrected chi connectivity index (χ2v) is 5.99. The summed E-state index contributed by atoms with van der Waals surface area (Å²) >= 11 is 0. The van der Waals surface area contributed by atoms with E-state index in [1.165, 1.54) is 0 Å². The van der Waals surface area contributed by atoms with Gasteiger partial charge in [-0.1, -0.05) is 20.8 Å². The van der Waals surface area contributed by atoms with Crippen molar-refractivity contribution in [2.45, 2.75) is 46.1 Å². The number of hydrogen-bond donors (Lipinski definition) is 2. The van der Waals surface area contributed by atoms with Crippen LogP contribution >= 0.6 is 0 Å². The van der Waals surface area contributed by atoms with E-state index in [-0.39, 0.29) is 23.2 Å². The molecule has 0 aromatic rings. The van der Waals surface area contributed by atoms with Crippen LogP contribution in [-0.4, -0.2) is 22.3 Å². The fourth-order valence-corrected chi connectivity index (χ4v) is 3.99. The quantitative estimate of drug-likeness (QED) is 0.735. The van der Waals surface area contributed by atoms with E-state index in [2.05, 4.69) is 20.8 Å². The van der Waals surface area contributed by atoms with Gasteiger partial charge in [-0.3, -0.25) is 4.79 Å². The molecular weight excluding hydrogens is 192 g/mol. The zero-order valence-electron chi connectivity index (χ0n) is 9.66. The van der Waals surface area contributed by atoms with Crippen LogP contribution in [0.2, 0.25) is 0 Å². The van der Waals surface area contributed by atoms with Gasteiger partial charge < -0.3 is 10.2 Å². The molecule has 2 aliphatic rings. The van der Waals surface area contributed by atoms with Gasteiger partial charge in [-0.2, -0.15) is 0 Å². The summed E-state index contributed by atoms with van der Waals surface area (Å²) in [6.45, 7) is 6.46. The van der Waals surface area contributed by atoms with Gasteiger partial charge in [0.05, 0.1) is 12.5 Å². The molecule has 2 fully saturated rings. The Balaban J connectivity index is 2.29. The molecule has 15 heavy (non-hydrogen) atoms. The minimum absolute atomic E-state index is 0.0451. The van der Waals surface area contributed by atoms with Gasteiger partial charge in [0.2, 0.25) is 0 Å². The molecule has 0 aliphatic heterocycles. The third-order valence-electron chi connectivity index (χ3n) is 5.36. The predicted molar refractivity (Wildman–Crippen MR) is 56.4 cm³/mol. The van der Waals surface area contributed by atoms with Crippen LogP contribution in [-0.2, 0) is 4.79 Å². The fraction of sp³-hybridized carbons (Fsp3) is 0.917. The highest BCUT2D eigenvalue weighted by Crippen LogP contribution is 2.68. The van der Waals surface area contributed by atoms with Gasteiger partial charge in [0.25, 0.3) is 0 Å². The molecule has 86 valence electrons. The number of rotatable bonds is 2. The van der Waals surface area contributed by atoms with Crippen LogP contribution in [0.5, 0.6) is 0 Å². The Kier molecular flexibility index (Phi) is 2.16. The molecule has 2 saturated carbocycles. The van der Waals surface area contributed by atoms with Gasteiger partial charge in [0.15, 0.2) is 0 Å². The van der Waals surface area contributed by atoms with Gasteiger partial charge in [-0.15, -0.1) is 0 Å². The molecule has 0 aromatic carbocycles. The lowest BCUT2D eigenvalue weighted by Gasteiger charge is -2.37. The van der Waals surface area contributed by atoms with E-state index >= 15 is 0 Å². The van der Waals surface area contributed by atoms with E-state index in [1.807, 2.05) is 0 Å². The molecule has 2 rings (SSSR count). The van der Waals surface area contributed by atoms with Crippen molar-refractivity contribution in [1.29, 1.82) is 0 Å². The minimum Gasteiger partial charge on any atom is -0.481 e. The summed E-state index contributed by atoms with van der Waals surface area (Å²) < 4.78 is 0. The molecule has 3 heteroatoms. The van der Waals surface area contributed by atoms with Gasteiger partial charge >= 0.3 is 5.97 Å². The largest absolute Gasteiger partial charge is 0.481 e. The molecule has 3 nitrogen and oxygen atoms in total. The number of aliphatic carboxylic acids is 1. The van der Waals surface area contributed by atoms with E-state index in [0.29, 0.717) is 5.92 Å². The molecule has 4 atom stereocenters. The van der Waals surface area contributed by atoms with Crippen molar-refractivity contribution in [2.24, 2.45) is 22.7 Å². The van der Waals surface area contributed by atoms with Crippen molar-refractivity contribution in [1.82, 2.24) is 0 Å². The Hall–Kier alpha value is -0.570. The highest BCUT2D eigenvalue weighted by molar-refractivity contribution is 5.67. The standard InChI is InChI=1S/C12H20O3/c1-11(2)8-4-5-12(11,3)10(15)7(8)6-9(13)14/h7-8,10,15H,4-6H2,1-3H3,(H,13,14)/t7-,8-,10-,12+/m1/s1. The lowest BCUT2D eigenvalue weighted by molar-refractivity contribution is -0.140. The monoisotopic (exact) mass is 212 g/mol. The maximum absolute atomic E-state index is 10.8. The third-order valence-corrected chi connectivity index (χ3v) is 5.36. The Morgan fingerprint density at radius 1 is 1.40 bits per heavy atom. The summed E-state index contributed by atoms with van der Waals surface area (Å²) in [5.41, 5.74) is -0.00961. The van der Waals surface area contributed by atoms with Crippen LogP contribution in [0.1, 0.15) is 40.0 Å². The molecule has 2 N–H and O–H groups in total. The Bertz CT molecular complexity index is 297. The first-order valence-corrected chi connectivity index (χ1v) is 5.70. The van der Waals surface area contributed by atoms with Crippen molar-refractivity contribution in [3.63, 3.8) is 0 Å². The molecule has 0 saturated heterocycles. The zero-order chi connectivity index (χ0) is 11.4. The summed E-state index contributed by atoms with van der Waals surface area (Å²) in [6.07, 6.45) is 1.77. The average Bonchev–Trinajstić information content (AvgIpc) is 2.40. The predicted octanol–water partition coefficient (Wildman–Crippen LogP) is 1.89. The number of carboxylic acid groups (broad SMARTS) is 1. The summed E-state index contributed by atoms with van der Waals surface area (Å²) in [5, 5.41) is 19.1.